The van der Waals surface area contributed by atoms with E-state index >= 15 is 0 Å². The van der Waals surface area contributed by atoms with Crippen molar-refractivity contribution in [2.45, 2.75) is 19.8 Å². The molecule has 0 fully saturated rings. The van der Waals surface area contributed by atoms with Gasteiger partial charge >= 0.3 is 5.97 Å². The first-order chi connectivity index (χ1) is 6.18. The van der Waals surface area contributed by atoms with Crippen molar-refractivity contribution in [3.8, 4) is 0 Å². The summed E-state index contributed by atoms with van der Waals surface area (Å²) in [4.78, 5) is 10.2. The number of aliphatic carboxylic acids is 1. The molecule has 1 rings (SSSR count). The third kappa shape index (κ3) is 3.50. The maximum absolute atomic E-state index is 10.2. The van der Waals surface area contributed by atoms with Crippen molar-refractivity contribution < 1.29 is 9.90 Å². The van der Waals surface area contributed by atoms with Crippen molar-refractivity contribution in [2.24, 2.45) is 0 Å². The fourth-order valence-electron chi connectivity index (χ4n) is 0.930. The lowest BCUT2D eigenvalue weighted by Gasteiger charge is -1.95. The van der Waals surface area contributed by atoms with E-state index in [0.717, 1.165) is 11.3 Å². The van der Waals surface area contributed by atoms with E-state index < -0.39 is 5.97 Å². The number of allylic oxidation sites excluding steroid dienone is 1. The monoisotopic (exact) mass is 181 g/mol. The molecular formula is C8H11N3O2. The molecule has 0 radical (unpaired) electrons. The zero-order chi connectivity index (χ0) is 9.68. The highest BCUT2D eigenvalue weighted by Gasteiger charge is 1.98. The second-order valence-electron chi connectivity index (χ2n) is 2.79. The fourth-order valence-corrected chi connectivity index (χ4v) is 0.930. The summed E-state index contributed by atoms with van der Waals surface area (Å²) in [7, 11) is 0. The molecule has 0 spiro atoms. The minimum absolute atomic E-state index is 0.0592. The highest BCUT2D eigenvalue weighted by atomic mass is 16.4. The number of carbonyl (C=O) groups is 1. The van der Waals surface area contributed by atoms with Crippen molar-refractivity contribution in [1.29, 1.82) is 0 Å². The molecule has 0 saturated carbocycles. The van der Waals surface area contributed by atoms with E-state index in [9.17, 15) is 4.79 Å². The molecule has 0 atom stereocenters. The van der Waals surface area contributed by atoms with Crippen LogP contribution in [-0.2, 0) is 11.2 Å². The molecule has 0 unspecified atom stereocenters. The van der Waals surface area contributed by atoms with Gasteiger partial charge in [-0.2, -0.15) is 15.4 Å². The van der Waals surface area contributed by atoms with Crippen LogP contribution < -0.4 is 0 Å². The Kier molecular flexibility index (Phi) is 3.19. The fraction of sp³-hybridized carbons (Fsp3) is 0.375. The molecule has 2 N–H and O–H groups in total. The first kappa shape index (κ1) is 9.44. The van der Waals surface area contributed by atoms with Gasteiger partial charge in [0.25, 0.3) is 0 Å². The normalized spacial score (nSPS) is 11.6. The van der Waals surface area contributed by atoms with Crippen LogP contribution in [0.15, 0.2) is 17.8 Å². The van der Waals surface area contributed by atoms with Crippen LogP contribution in [0.4, 0.5) is 0 Å². The summed E-state index contributed by atoms with van der Waals surface area (Å²) in [5.74, 6) is -0.820. The Labute approximate surface area is 75.5 Å². The van der Waals surface area contributed by atoms with E-state index in [0.29, 0.717) is 6.42 Å². The topological polar surface area (TPSA) is 78.9 Å². The SMILES string of the molecule is CC(=CCC(=O)O)Cc1cn[nH]n1. The quantitative estimate of drug-likeness (QED) is 0.672. The minimum Gasteiger partial charge on any atom is -0.481 e. The first-order valence-corrected chi connectivity index (χ1v) is 3.90. The molecule has 0 aromatic carbocycles. The zero-order valence-corrected chi connectivity index (χ0v) is 7.32. The second kappa shape index (κ2) is 4.39. The van der Waals surface area contributed by atoms with Crippen LogP contribution in [0, 0.1) is 0 Å². The summed E-state index contributed by atoms with van der Waals surface area (Å²) in [6, 6.07) is 0. The number of rotatable bonds is 4. The van der Waals surface area contributed by atoms with Crippen LogP contribution in [0.5, 0.6) is 0 Å². The number of H-pyrrole nitrogens is 1. The summed E-state index contributed by atoms with van der Waals surface area (Å²) in [5, 5.41) is 18.4. The number of hydrogen-bond acceptors (Lipinski definition) is 3. The van der Waals surface area contributed by atoms with Gasteiger partial charge in [-0.1, -0.05) is 11.6 Å². The van der Waals surface area contributed by atoms with Gasteiger partial charge in [-0.05, 0) is 6.92 Å². The molecular weight excluding hydrogens is 170 g/mol. The molecule has 0 aliphatic heterocycles. The lowest BCUT2D eigenvalue weighted by molar-refractivity contribution is -0.136. The number of carboxylic acid groups (broad SMARTS) is 1. The molecule has 0 bridgehead atoms. The smallest absolute Gasteiger partial charge is 0.307 e. The van der Waals surface area contributed by atoms with Crippen LogP contribution in [0.1, 0.15) is 19.0 Å². The highest BCUT2D eigenvalue weighted by Crippen LogP contribution is 2.03. The number of hydrogen-bond donors (Lipinski definition) is 2. The van der Waals surface area contributed by atoms with Gasteiger partial charge in [0, 0.05) is 6.42 Å². The summed E-state index contributed by atoms with van der Waals surface area (Å²) in [6.45, 7) is 1.87. The van der Waals surface area contributed by atoms with Gasteiger partial charge in [-0.25, -0.2) is 0 Å². The summed E-state index contributed by atoms with van der Waals surface area (Å²) < 4.78 is 0. The van der Waals surface area contributed by atoms with E-state index in [1.54, 1.807) is 12.3 Å². The highest BCUT2D eigenvalue weighted by molar-refractivity contribution is 5.68. The van der Waals surface area contributed by atoms with E-state index in [2.05, 4.69) is 15.4 Å². The Morgan fingerprint density at radius 3 is 3.08 bits per heavy atom. The maximum atomic E-state index is 10.2. The van der Waals surface area contributed by atoms with Crippen LogP contribution in [-0.4, -0.2) is 26.5 Å². The van der Waals surface area contributed by atoms with E-state index in [1.807, 2.05) is 6.92 Å². The van der Waals surface area contributed by atoms with Gasteiger partial charge in [-0.15, -0.1) is 0 Å². The molecule has 0 saturated heterocycles. The van der Waals surface area contributed by atoms with Crippen molar-refractivity contribution in [1.82, 2.24) is 15.4 Å². The second-order valence-corrected chi connectivity index (χ2v) is 2.79. The molecule has 1 aromatic rings. The van der Waals surface area contributed by atoms with Crippen LogP contribution >= 0.6 is 0 Å². The molecule has 1 aromatic heterocycles. The molecule has 0 amide bonds. The lowest BCUT2D eigenvalue weighted by atomic mass is 10.1. The van der Waals surface area contributed by atoms with E-state index in [4.69, 9.17) is 5.11 Å². The largest absolute Gasteiger partial charge is 0.481 e. The van der Waals surface area contributed by atoms with Gasteiger partial charge in [0.05, 0.1) is 18.3 Å². The number of nitrogens with zero attached hydrogens (tertiary/aromatic N) is 2. The third-order valence-electron chi connectivity index (χ3n) is 1.55. The Hall–Kier alpha value is -1.65. The lowest BCUT2D eigenvalue weighted by Crippen LogP contribution is -1.93. The van der Waals surface area contributed by atoms with Gasteiger partial charge < -0.3 is 5.11 Å². The van der Waals surface area contributed by atoms with Gasteiger partial charge in [-0.3, -0.25) is 4.79 Å². The zero-order valence-electron chi connectivity index (χ0n) is 7.32. The molecule has 13 heavy (non-hydrogen) atoms. The summed E-state index contributed by atoms with van der Waals surface area (Å²) in [5.41, 5.74) is 1.80. The van der Waals surface area contributed by atoms with Crippen molar-refractivity contribution in [3.05, 3.63) is 23.5 Å². The molecule has 5 heteroatoms. The van der Waals surface area contributed by atoms with Crippen LogP contribution in [0.25, 0.3) is 0 Å². The van der Waals surface area contributed by atoms with Crippen molar-refractivity contribution in [2.75, 3.05) is 0 Å². The molecule has 70 valence electrons. The predicted octanol–water partition coefficient (Wildman–Crippen LogP) is 0.768. The molecule has 5 nitrogen and oxygen atoms in total. The van der Waals surface area contributed by atoms with Gasteiger partial charge in [0.1, 0.15) is 0 Å². The minimum atomic E-state index is -0.820. The van der Waals surface area contributed by atoms with Crippen LogP contribution in [0.3, 0.4) is 0 Å². The Morgan fingerprint density at radius 2 is 2.54 bits per heavy atom. The third-order valence-corrected chi connectivity index (χ3v) is 1.55. The first-order valence-electron chi connectivity index (χ1n) is 3.90. The van der Waals surface area contributed by atoms with Gasteiger partial charge in [0.2, 0.25) is 0 Å². The number of aromatic amines is 1. The molecule has 0 aliphatic rings. The summed E-state index contributed by atoms with van der Waals surface area (Å²) >= 11 is 0. The average molecular weight is 181 g/mol. The Morgan fingerprint density at radius 1 is 1.77 bits per heavy atom. The van der Waals surface area contributed by atoms with E-state index in [-0.39, 0.29) is 6.42 Å². The van der Waals surface area contributed by atoms with Crippen LogP contribution in [0.2, 0.25) is 0 Å². The van der Waals surface area contributed by atoms with Gasteiger partial charge in [0.15, 0.2) is 0 Å². The van der Waals surface area contributed by atoms with Crippen molar-refractivity contribution >= 4 is 5.97 Å². The number of nitrogens with one attached hydrogen (secondary N) is 1. The van der Waals surface area contributed by atoms with E-state index in [1.165, 1.54) is 0 Å². The standard InChI is InChI=1S/C8H11N3O2/c1-6(2-3-8(12)13)4-7-5-9-11-10-7/h2,5H,3-4H2,1H3,(H,12,13)(H,9,10,11). The Balaban J connectivity index is 2.45. The number of aromatic nitrogens is 3. The molecule has 1 heterocycles. The average Bonchev–Trinajstić information content (AvgIpc) is 2.53. The predicted molar refractivity (Wildman–Crippen MR) is 46.1 cm³/mol. The Bertz CT molecular complexity index is 303. The maximum Gasteiger partial charge on any atom is 0.307 e. The number of carboxylic acids is 1. The molecule has 0 aliphatic carbocycles. The summed E-state index contributed by atoms with van der Waals surface area (Å²) in [6.07, 6.45) is 4.00. The van der Waals surface area contributed by atoms with Crippen molar-refractivity contribution in [3.63, 3.8) is 0 Å².